The number of amides is 1. The molecule has 6 nitrogen and oxygen atoms in total. The number of furan rings is 1. The Morgan fingerprint density at radius 2 is 1.96 bits per heavy atom. The van der Waals surface area contributed by atoms with Gasteiger partial charge in [0.05, 0.1) is 12.0 Å². The van der Waals surface area contributed by atoms with E-state index in [0.29, 0.717) is 30.1 Å². The molecule has 140 valence electrons. The Bertz CT molecular complexity index is 1050. The fraction of sp³-hybridized carbons (Fsp3) is 0.136. The van der Waals surface area contributed by atoms with Gasteiger partial charge in [-0.3, -0.25) is 9.78 Å². The first kappa shape index (κ1) is 17.7. The van der Waals surface area contributed by atoms with E-state index in [4.69, 9.17) is 4.42 Å². The van der Waals surface area contributed by atoms with Crippen LogP contribution in [0.4, 0.5) is 0 Å². The molecule has 6 heteroatoms. The van der Waals surface area contributed by atoms with E-state index in [1.807, 2.05) is 55.5 Å². The maximum absolute atomic E-state index is 12.9. The van der Waals surface area contributed by atoms with Crippen molar-refractivity contribution in [2.45, 2.75) is 13.3 Å². The van der Waals surface area contributed by atoms with Gasteiger partial charge < -0.3 is 9.73 Å². The van der Waals surface area contributed by atoms with E-state index in [-0.39, 0.29) is 5.91 Å². The first-order valence-corrected chi connectivity index (χ1v) is 9.10. The van der Waals surface area contributed by atoms with Crippen LogP contribution in [0.5, 0.6) is 0 Å². The fourth-order valence-electron chi connectivity index (χ4n) is 2.91. The number of carbonyl (C=O) groups excluding carboxylic acids is 1. The minimum absolute atomic E-state index is 0.193. The smallest absolute Gasteiger partial charge is 0.270 e. The number of aromatic nitrogens is 3. The minimum Gasteiger partial charge on any atom is -0.463 e. The number of nitrogens with one attached hydrogen (secondary N) is 1. The third-order valence-corrected chi connectivity index (χ3v) is 4.39. The SMILES string of the molecule is Cc1ccc(-n2nc(-c3ccco3)cc2C(=O)NCCc2ccccn2)cc1. The molecule has 28 heavy (non-hydrogen) atoms. The normalized spacial score (nSPS) is 10.8. The number of aryl methyl sites for hydroxylation is 1. The van der Waals surface area contributed by atoms with Crippen LogP contribution in [0.25, 0.3) is 17.1 Å². The molecule has 0 aliphatic rings. The number of hydrogen-bond acceptors (Lipinski definition) is 4. The molecule has 0 spiro atoms. The zero-order valence-electron chi connectivity index (χ0n) is 15.5. The van der Waals surface area contributed by atoms with Crippen LogP contribution in [0.15, 0.2) is 77.5 Å². The quantitative estimate of drug-likeness (QED) is 0.559. The molecule has 3 aromatic heterocycles. The van der Waals surface area contributed by atoms with Gasteiger partial charge in [-0.2, -0.15) is 5.10 Å². The van der Waals surface area contributed by atoms with Crippen LogP contribution in [-0.2, 0) is 6.42 Å². The molecule has 3 heterocycles. The van der Waals surface area contributed by atoms with Gasteiger partial charge in [0.15, 0.2) is 5.76 Å². The highest BCUT2D eigenvalue weighted by Crippen LogP contribution is 2.22. The van der Waals surface area contributed by atoms with E-state index in [1.54, 1.807) is 29.3 Å². The van der Waals surface area contributed by atoms with Crippen molar-refractivity contribution in [3.05, 3.63) is 90.1 Å². The summed E-state index contributed by atoms with van der Waals surface area (Å²) in [6, 6.07) is 19.0. The number of pyridine rings is 1. The highest BCUT2D eigenvalue weighted by molar-refractivity contribution is 5.94. The third-order valence-electron chi connectivity index (χ3n) is 4.39. The fourth-order valence-corrected chi connectivity index (χ4v) is 2.91. The lowest BCUT2D eigenvalue weighted by Gasteiger charge is -2.08. The highest BCUT2D eigenvalue weighted by Gasteiger charge is 2.18. The van der Waals surface area contributed by atoms with E-state index in [1.165, 1.54) is 0 Å². The second kappa shape index (κ2) is 7.92. The van der Waals surface area contributed by atoms with Crippen molar-refractivity contribution in [2.24, 2.45) is 0 Å². The van der Waals surface area contributed by atoms with Crippen molar-refractivity contribution in [2.75, 3.05) is 6.54 Å². The maximum Gasteiger partial charge on any atom is 0.270 e. The first-order valence-electron chi connectivity index (χ1n) is 9.10. The summed E-state index contributed by atoms with van der Waals surface area (Å²) in [6.07, 6.45) is 4.00. The first-order chi connectivity index (χ1) is 13.7. The Kier molecular flexibility index (Phi) is 5.01. The lowest BCUT2D eigenvalue weighted by Crippen LogP contribution is -2.28. The van der Waals surface area contributed by atoms with Gasteiger partial charge in [0, 0.05) is 30.9 Å². The number of rotatable bonds is 6. The van der Waals surface area contributed by atoms with E-state index in [0.717, 1.165) is 16.9 Å². The van der Waals surface area contributed by atoms with Gasteiger partial charge >= 0.3 is 0 Å². The number of nitrogens with zero attached hydrogens (tertiary/aromatic N) is 3. The van der Waals surface area contributed by atoms with Crippen LogP contribution in [0.3, 0.4) is 0 Å². The van der Waals surface area contributed by atoms with Gasteiger partial charge in [0.1, 0.15) is 11.4 Å². The van der Waals surface area contributed by atoms with Crippen molar-refractivity contribution in [3.8, 4) is 17.1 Å². The Labute approximate surface area is 162 Å². The van der Waals surface area contributed by atoms with E-state index >= 15 is 0 Å². The predicted octanol–water partition coefficient (Wildman–Crippen LogP) is 3.81. The largest absolute Gasteiger partial charge is 0.463 e. The van der Waals surface area contributed by atoms with Crippen LogP contribution >= 0.6 is 0 Å². The molecule has 1 N–H and O–H groups in total. The molecule has 0 saturated carbocycles. The van der Waals surface area contributed by atoms with Gasteiger partial charge in [0.2, 0.25) is 0 Å². The Morgan fingerprint density at radius 1 is 1.11 bits per heavy atom. The van der Waals surface area contributed by atoms with Crippen LogP contribution in [0, 0.1) is 6.92 Å². The third kappa shape index (κ3) is 3.86. The van der Waals surface area contributed by atoms with Crippen molar-refractivity contribution >= 4 is 5.91 Å². The molecule has 0 aliphatic heterocycles. The number of hydrogen-bond donors (Lipinski definition) is 1. The Balaban J connectivity index is 1.58. The summed E-state index contributed by atoms with van der Waals surface area (Å²) in [5.41, 5.74) is 3.96. The molecule has 0 radical (unpaired) electrons. The molecule has 4 rings (SSSR count). The molecule has 0 saturated heterocycles. The number of carbonyl (C=O) groups is 1. The summed E-state index contributed by atoms with van der Waals surface area (Å²) < 4.78 is 7.09. The van der Waals surface area contributed by atoms with Gasteiger partial charge in [-0.1, -0.05) is 23.8 Å². The van der Waals surface area contributed by atoms with Crippen LogP contribution in [0.2, 0.25) is 0 Å². The molecule has 0 aliphatic carbocycles. The summed E-state index contributed by atoms with van der Waals surface area (Å²) in [5.74, 6) is 0.426. The number of benzene rings is 1. The molecular formula is C22H20N4O2. The summed E-state index contributed by atoms with van der Waals surface area (Å²) in [5, 5.41) is 7.55. The second-order valence-corrected chi connectivity index (χ2v) is 6.47. The Morgan fingerprint density at radius 3 is 2.68 bits per heavy atom. The predicted molar refractivity (Wildman–Crippen MR) is 106 cm³/mol. The summed E-state index contributed by atoms with van der Waals surface area (Å²) in [4.78, 5) is 17.1. The van der Waals surface area contributed by atoms with E-state index in [2.05, 4.69) is 15.4 Å². The summed E-state index contributed by atoms with van der Waals surface area (Å²) in [7, 11) is 0. The van der Waals surface area contributed by atoms with Crippen molar-refractivity contribution in [1.29, 1.82) is 0 Å². The van der Waals surface area contributed by atoms with Crippen LogP contribution in [0.1, 0.15) is 21.7 Å². The minimum atomic E-state index is -0.193. The van der Waals surface area contributed by atoms with Gasteiger partial charge in [-0.25, -0.2) is 4.68 Å². The standard InChI is InChI=1S/C22H20N4O2/c1-16-7-9-18(10-8-16)26-20(15-19(25-26)21-6-4-14-28-21)22(27)24-13-11-17-5-2-3-12-23-17/h2-10,12,14-15H,11,13H2,1H3,(H,24,27). The molecule has 0 unspecified atom stereocenters. The average Bonchev–Trinajstić information content (AvgIpc) is 3.39. The van der Waals surface area contributed by atoms with Crippen LogP contribution in [-0.4, -0.2) is 27.2 Å². The van der Waals surface area contributed by atoms with Crippen molar-refractivity contribution < 1.29 is 9.21 Å². The van der Waals surface area contributed by atoms with Crippen molar-refractivity contribution in [3.63, 3.8) is 0 Å². The van der Waals surface area contributed by atoms with Crippen molar-refractivity contribution in [1.82, 2.24) is 20.1 Å². The Hall–Kier alpha value is -3.67. The topological polar surface area (TPSA) is 73.0 Å². The molecule has 1 aromatic carbocycles. The highest BCUT2D eigenvalue weighted by atomic mass is 16.3. The zero-order valence-corrected chi connectivity index (χ0v) is 15.5. The molecule has 0 bridgehead atoms. The second-order valence-electron chi connectivity index (χ2n) is 6.47. The summed E-state index contributed by atoms with van der Waals surface area (Å²) in [6.45, 7) is 2.51. The molecule has 0 atom stereocenters. The molecule has 1 amide bonds. The van der Waals surface area contributed by atoms with Crippen LogP contribution < -0.4 is 5.32 Å². The average molecular weight is 372 g/mol. The van der Waals surface area contributed by atoms with E-state index < -0.39 is 0 Å². The maximum atomic E-state index is 12.9. The molecule has 0 fully saturated rings. The van der Waals surface area contributed by atoms with Gasteiger partial charge in [0.25, 0.3) is 5.91 Å². The summed E-state index contributed by atoms with van der Waals surface area (Å²) >= 11 is 0. The van der Waals surface area contributed by atoms with Gasteiger partial charge in [-0.15, -0.1) is 0 Å². The zero-order chi connectivity index (χ0) is 19.3. The lowest BCUT2D eigenvalue weighted by atomic mass is 10.2. The van der Waals surface area contributed by atoms with Gasteiger partial charge in [-0.05, 0) is 43.3 Å². The molecule has 4 aromatic rings. The van der Waals surface area contributed by atoms with E-state index in [9.17, 15) is 4.79 Å². The molecular weight excluding hydrogens is 352 g/mol. The monoisotopic (exact) mass is 372 g/mol. The lowest BCUT2D eigenvalue weighted by molar-refractivity contribution is 0.0946.